The molecule has 1 fully saturated rings. The third-order valence-corrected chi connectivity index (χ3v) is 3.52. The van der Waals surface area contributed by atoms with Gasteiger partial charge in [-0.25, -0.2) is 4.98 Å². The highest BCUT2D eigenvalue weighted by Gasteiger charge is 2.28. The van der Waals surface area contributed by atoms with Gasteiger partial charge in [-0.1, -0.05) is 20.8 Å². The molecule has 2 N–H and O–H groups in total. The molecule has 0 atom stereocenters. The van der Waals surface area contributed by atoms with E-state index < -0.39 is 0 Å². The van der Waals surface area contributed by atoms with Crippen molar-refractivity contribution in [3.63, 3.8) is 0 Å². The van der Waals surface area contributed by atoms with Crippen LogP contribution >= 0.6 is 0 Å². The molecule has 5 heteroatoms. The summed E-state index contributed by atoms with van der Waals surface area (Å²) in [6.45, 7) is 9.23. The summed E-state index contributed by atoms with van der Waals surface area (Å²) in [6.07, 6.45) is 2.65. The Balaban J connectivity index is 2.02. The number of pyridine rings is 1. The van der Waals surface area contributed by atoms with Crippen molar-refractivity contribution in [1.82, 2.24) is 9.88 Å². The van der Waals surface area contributed by atoms with Gasteiger partial charge in [0.2, 0.25) is 5.91 Å². The van der Waals surface area contributed by atoms with Crippen LogP contribution in [0.4, 0.5) is 11.5 Å². The number of nitrogens with zero attached hydrogens (tertiary/aromatic N) is 3. The zero-order valence-corrected chi connectivity index (χ0v) is 12.6. The van der Waals surface area contributed by atoms with Crippen molar-refractivity contribution >= 4 is 17.4 Å². The number of anilines is 2. The average Bonchev–Trinajstić information content (AvgIpc) is 2.63. The molecule has 1 aliphatic heterocycles. The maximum Gasteiger partial charge on any atom is 0.228 e. The van der Waals surface area contributed by atoms with Crippen LogP contribution < -0.4 is 10.6 Å². The largest absolute Gasteiger partial charge is 0.397 e. The SMILES string of the molecule is CC(C)(C)C(=O)N1CCCN(c2ccc(N)cn2)CC1. The fourth-order valence-electron chi connectivity index (χ4n) is 2.41. The van der Waals surface area contributed by atoms with E-state index in [1.807, 2.05) is 37.8 Å². The van der Waals surface area contributed by atoms with E-state index in [1.165, 1.54) is 0 Å². The zero-order chi connectivity index (χ0) is 14.8. The molecule has 0 aromatic carbocycles. The van der Waals surface area contributed by atoms with E-state index in [1.54, 1.807) is 6.20 Å². The number of nitrogen functional groups attached to an aromatic ring is 1. The summed E-state index contributed by atoms with van der Waals surface area (Å²) in [5, 5.41) is 0. The molecule has 1 aliphatic rings. The first kappa shape index (κ1) is 14.6. The lowest BCUT2D eigenvalue weighted by molar-refractivity contribution is -0.139. The van der Waals surface area contributed by atoms with E-state index in [-0.39, 0.29) is 11.3 Å². The van der Waals surface area contributed by atoms with Crippen molar-refractivity contribution in [1.29, 1.82) is 0 Å². The molecule has 2 heterocycles. The molecular weight excluding hydrogens is 252 g/mol. The molecule has 1 aromatic heterocycles. The summed E-state index contributed by atoms with van der Waals surface area (Å²) in [5.41, 5.74) is 6.03. The third-order valence-electron chi connectivity index (χ3n) is 3.52. The highest BCUT2D eigenvalue weighted by molar-refractivity contribution is 5.81. The predicted molar refractivity (Wildman–Crippen MR) is 81.5 cm³/mol. The fraction of sp³-hybridized carbons (Fsp3) is 0.600. The first-order valence-electron chi connectivity index (χ1n) is 7.14. The lowest BCUT2D eigenvalue weighted by atomic mass is 9.94. The third kappa shape index (κ3) is 3.40. The normalized spacial score (nSPS) is 16.9. The second-order valence-electron chi connectivity index (χ2n) is 6.33. The Hall–Kier alpha value is -1.78. The quantitative estimate of drug-likeness (QED) is 0.849. The van der Waals surface area contributed by atoms with Gasteiger partial charge in [-0.15, -0.1) is 0 Å². The van der Waals surface area contributed by atoms with Gasteiger partial charge in [-0.3, -0.25) is 4.79 Å². The summed E-state index contributed by atoms with van der Waals surface area (Å²) >= 11 is 0. The van der Waals surface area contributed by atoms with Gasteiger partial charge in [0.15, 0.2) is 0 Å². The molecule has 110 valence electrons. The number of nitrogens with two attached hydrogens (primary N) is 1. The van der Waals surface area contributed by atoms with Crippen molar-refractivity contribution in [2.45, 2.75) is 27.2 Å². The molecule has 0 aliphatic carbocycles. The van der Waals surface area contributed by atoms with Crippen LogP contribution in [0.2, 0.25) is 0 Å². The Kier molecular flexibility index (Phi) is 4.16. The Bertz CT molecular complexity index is 464. The van der Waals surface area contributed by atoms with E-state index in [2.05, 4.69) is 9.88 Å². The first-order valence-corrected chi connectivity index (χ1v) is 7.14. The summed E-state index contributed by atoms with van der Waals surface area (Å²) < 4.78 is 0. The van der Waals surface area contributed by atoms with E-state index >= 15 is 0 Å². The monoisotopic (exact) mass is 276 g/mol. The van der Waals surface area contributed by atoms with Crippen LogP contribution in [0.25, 0.3) is 0 Å². The topological polar surface area (TPSA) is 62.5 Å². The number of aromatic nitrogens is 1. The Morgan fingerprint density at radius 1 is 1.20 bits per heavy atom. The number of carbonyl (C=O) groups excluding carboxylic acids is 1. The molecule has 0 bridgehead atoms. The highest BCUT2D eigenvalue weighted by Crippen LogP contribution is 2.20. The van der Waals surface area contributed by atoms with Crippen LogP contribution in [0.15, 0.2) is 18.3 Å². The van der Waals surface area contributed by atoms with E-state index in [4.69, 9.17) is 5.73 Å². The molecule has 1 saturated heterocycles. The average molecular weight is 276 g/mol. The minimum atomic E-state index is -0.311. The number of rotatable bonds is 1. The summed E-state index contributed by atoms with van der Waals surface area (Å²) in [7, 11) is 0. The minimum absolute atomic E-state index is 0.226. The van der Waals surface area contributed by atoms with Gasteiger partial charge in [0.05, 0.1) is 11.9 Å². The Labute approximate surface area is 120 Å². The van der Waals surface area contributed by atoms with Gasteiger partial charge < -0.3 is 15.5 Å². The Morgan fingerprint density at radius 2 is 1.95 bits per heavy atom. The Morgan fingerprint density at radius 3 is 2.55 bits per heavy atom. The van der Waals surface area contributed by atoms with Crippen molar-refractivity contribution in [2.24, 2.45) is 5.41 Å². The molecule has 1 amide bonds. The number of hydrogen-bond donors (Lipinski definition) is 1. The fourth-order valence-corrected chi connectivity index (χ4v) is 2.41. The standard InChI is InChI=1S/C15H24N4O/c1-15(2,3)14(20)19-8-4-7-18(9-10-19)13-6-5-12(16)11-17-13/h5-6,11H,4,7-10,16H2,1-3H3. The molecule has 1 aromatic rings. The molecule has 2 rings (SSSR count). The second-order valence-corrected chi connectivity index (χ2v) is 6.33. The molecule has 5 nitrogen and oxygen atoms in total. The maximum atomic E-state index is 12.3. The van der Waals surface area contributed by atoms with Gasteiger partial charge in [-0.2, -0.15) is 0 Å². The first-order chi connectivity index (χ1) is 9.38. The zero-order valence-electron chi connectivity index (χ0n) is 12.6. The molecular formula is C15H24N4O. The van der Waals surface area contributed by atoms with Gasteiger partial charge in [0.1, 0.15) is 5.82 Å². The minimum Gasteiger partial charge on any atom is -0.397 e. The molecule has 20 heavy (non-hydrogen) atoms. The van der Waals surface area contributed by atoms with Crippen molar-refractivity contribution < 1.29 is 4.79 Å². The summed E-state index contributed by atoms with van der Waals surface area (Å²) in [6, 6.07) is 3.81. The van der Waals surface area contributed by atoms with Gasteiger partial charge >= 0.3 is 0 Å². The summed E-state index contributed by atoms with van der Waals surface area (Å²) in [4.78, 5) is 20.9. The van der Waals surface area contributed by atoms with E-state index in [9.17, 15) is 4.79 Å². The molecule has 0 unspecified atom stereocenters. The second kappa shape index (κ2) is 5.69. The lowest BCUT2D eigenvalue weighted by Gasteiger charge is -2.28. The van der Waals surface area contributed by atoms with Crippen molar-refractivity contribution in [3.05, 3.63) is 18.3 Å². The van der Waals surface area contributed by atoms with Gasteiger partial charge in [-0.05, 0) is 18.6 Å². The summed E-state index contributed by atoms with van der Waals surface area (Å²) in [5.74, 6) is 1.16. The van der Waals surface area contributed by atoms with Crippen LogP contribution in [0.1, 0.15) is 27.2 Å². The maximum absolute atomic E-state index is 12.3. The molecule has 0 radical (unpaired) electrons. The molecule has 0 spiro atoms. The van der Waals surface area contributed by atoms with Gasteiger partial charge in [0.25, 0.3) is 0 Å². The van der Waals surface area contributed by atoms with Crippen LogP contribution in [0.5, 0.6) is 0 Å². The lowest BCUT2D eigenvalue weighted by Crippen LogP contribution is -2.41. The van der Waals surface area contributed by atoms with Crippen LogP contribution in [0.3, 0.4) is 0 Å². The van der Waals surface area contributed by atoms with Crippen molar-refractivity contribution in [3.8, 4) is 0 Å². The number of amides is 1. The van der Waals surface area contributed by atoms with E-state index in [0.717, 1.165) is 38.4 Å². The van der Waals surface area contributed by atoms with Crippen LogP contribution in [-0.4, -0.2) is 42.0 Å². The van der Waals surface area contributed by atoms with Gasteiger partial charge in [0, 0.05) is 31.6 Å². The van der Waals surface area contributed by atoms with Crippen molar-refractivity contribution in [2.75, 3.05) is 36.8 Å². The molecule has 0 saturated carbocycles. The number of hydrogen-bond acceptors (Lipinski definition) is 4. The smallest absolute Gasteiger partial charge is 0.228 e. The number of carbonyl (C=O) groups is 1. The van der Waals surface area contributed by atoms with Crippen LogP contribution in [-0.2, 0) is 4.79 Å². The highest BCUT2D eigenvalue weighted by atomic mass is 16.2. The predicted octanol–water partition coefficient (Wildman–Crippen LogP) is 1.75. The van der Waals surface area contributed by atoms with Crippen LogP contribution in [0, 0.1) is 5.41 Å². The van der Waals surface area contributed by atoms with E-state index in [0.29, 0.717) is 5.69 Å².